The smallest absolute Gasteiger partial charge is 0.164 e. The first-order valence-corrected chi connectivity index (χ1v) is 34.5. The standard InChI is InChI=1S/C32H41ClN8OSi.C20H31IN4OSi/c1-21-14-22-6-7-23(15-21)41(22)28-16-35-31-25(17-39(32(31)36-28)20-42-12-13-43(3,4)5)24-8-9-27-26(30(24)33)18-40(37-27)19-29-34-10-11-38(29)2;1-14-9-15-5-6-16(10-14)25(15)18-11-22-19-17(21)12-24(20(19)23-18)13-26-7-8-27(2,3)4/h8-11,16-18,21-23H,6-7,12-15,19-20H2,1-5H3;11-12,14-16H,5-10,13H2,1-4H3/t21?,22-,23+;14?,15-,16+. The van der Waals surface area contributed by atoms with Crippen molar-refractivity contribution >= 4 is 95.2 Å². The third-order valence-corrected chi connectivity index (χ3v) is 19.8. The molecule has 1 aromatic carbocycles. The van der Waals surface area contributed by atoms with Crippen molar-refractivity contribution in [2.24, 2.45) is 18.9 Å². The second-order valence-corrected chi connectivity index (χ2v) is 36.1. The summed E-state index contributed by atoms with van der Waals surface area (Å²) < 4.78 is 21.5. The van der Waals surface area contributed by atoms with Crippen LogP contribution in [0, 0.1) is 15.4 Å². The van der Waals surface area contributed by atoms with Crippen LogP contribution in [0.4, 0.5) is 11.6 Å². The molecule has 0 spiro atoms. The molecule has 4 aliphatic rings. The molecule has 11 rings (SSSR count). The molecule has 4 bridgehead atoms. The third kappa shape index (κ3) is 10.6. The number of hydrogen-bond donors (Lipinski definition) is 0. The lowest BCUT2D eigenvalue weighted by atomic mass is 9.92. The monoisotopic (exact) mass is 1110 g/mol. The highest BCUT2D eigenvalue weighted by Gasteiger charge is 2.41. The summed E-state index contributed by atoms with van der Waals surface area (Å²) in [5, 5.41) is 6.34. The zero-order valence-corrected chi connectivity index (χ0v) is 47.6. The predicted octanol–water partition coefficient (Wildman–Crippen LogP) is 12.1. The molecule has 4 fully saturated rings. The molecule has 7 aromatic rings. The molecule has 14 nitrogen and oxygen atoms in total. The highest BCUT2D eigenvalue weighted by molar-refractivity contribution is 14.1. The fraction of sp³-hybridized carbons (Fsp3) is 0.577. The Labute approximate surface area is 434 Å². The lowest BCUT2D eigenvalue weighted by molar-refractivity contribution is 0.0897. The molecule has 0 N–H and O–H groups in total. The molecule has 18 heteroatoms. The van der Waals surface area contributed by atoms with Crippen LogP contribution < -0.4 is 9.80 Å². The Morgan fingerprint density at radius 1 is 0.686 bits per heavy atom. The summed E-state index contributed by atoms with van der Waals surface area (Å²) in [6.45, 7) is 22.2. The van der Waals surface area contributed by atoms with Gasteiger partial charge >= 0.3 is 0 Å². The predicted molar refractivity (Wildman–Crippen MR) is 297 cm³/mol. The van der Waals surface area contributed by atoms with E-state index in [0.717, 1.165) is 96.5 Å². The number of piperidine rings is 2. The Morgan fingerprint density at radius 2 is 1.21 bits per heavy atom. The Morgan fingerprint density at radius 3 is 1.74 bits per heavy atom. The van der Waals surface area contributed by atoms with Gasteiger partial charge in [0, 0.05) is 108 Å². The molecule has 6 aromatic heterocycles. The van der Waals surface area contributed by atoms with Gasteiger partial charge in [0.2, 0.25) is 0 Å². The van der Waals surface area contributed by atoms with Crippen molar-refractivity contribution in [1.82, 2.24) is 48.4 Å². The summed E-state index contributed by atoms with van der Waals surface area (Å²) in [5.41, 5.74) is 6.38. The molecule has 0 amide bonds. The van der Waals surface area contributed by atoms with Crippen LogP contribution in [-0.4, -0.2) is 102 Å². The molecule has 70 heavy (non-hydrogen) atoms. The van der Waals surface area contributed by atoms with E-state index in [1.807, 2.05) is 47.2 Å². The molecule has 0 radical (unpaired) electrons. The molecule has 10 heterocycles. The van der Waals surface area contributed by atoms with Crippen LogP contribution in [0.1, 0.15) is 71.0 Å². The third-order valence-electron chi connectivity index (χ3n) is 15.2. The number of ether oxygens (including phenoxy) is 2. The van der Waals surface area contributed by atoms with E-state index in [4.69, 9.17) is 46.1 Å². The van der Waals surface area contributed by atoms with Gasteiger partial charge in [-0.15, -0.1) is 0 Å². The fourth-order valence-electron chi connectivity index (χ4n) is 11.5. The number of benzene rings is 1. The van der Waals surface area contributed by atoms with Gasteiger partial charge in [0.05, 0.1) is 33.0 Å². The maximum absolute atomic E-state index is 7.14. The lowest BCUT2D eigenvalue weighted by Gasteiger charge is -2.38. The number of fused-ring (bicyclic) bond motifs is 7. The van der Waals surface area contributed by atoms with E-state index < -0.39 is 16.1 Å². The molecular formula is C52H72ClIN12O2Si2. The fourth-order valence-corrected chi connectivity index (χ4v) is 14.0. The summed E-state index contributed by atoms with van der Waals surface area (Å²) in [5.74, 6) is 4.58. The van der Waals surface area contributed by atoms with Crippen LogP contribution in [0.15, 0.2) is 55.5 Å². The van der Waals surface area contributed by atoms with Crippen LogP contribution >= 0.6 is 34.2 Å². The van der Waals surface area contributed by atoms with E-state index in [1.54, 1.807) is 6.20 Å². The molecule has 4 saturated heterocycles. The van der Waals surface area contributed by atoms with Crippen molar-refractivity contribution in [2.45, 2.75) is 161 Å². The second kappa shape index (κ2) is 20.2. The van der Waals surface area contributed by atoms with E-state index in [9.17, 15) is 0 Å². The van der Waals surface area contributed by atoms with E-state index in [2.05, 4.69) is 118 Å². The normalized spacial score (nSPS) is 22.5. The van der Waals surface area contributed by atoms with Crippen LogP contribution in [0.2, 0.25) is 56.4 Å². The number of rotatable bonds is 15. The largest absolute Gasteiger partial charge is 0.361 e. The molecule has 4 aliphatic heterocycles. The zero-order valence-electron chi connectivity index (χ0n) is 42.7. The van der Waals surface area contributed by atoms with Gasteiger partial charge in [-0.25, -0.2) is 24.9 Å². The molecule has 374 valence electrons. The van der Waals surface area contributed by atoms with Crippen molar-refractivity contribution in [2.75, 3.05) is 23.0 Å². The van der Waals surface area contributed by atoms with Gasteiger partial charge in [-0.05, 0) is 104 Å². The van der Waals surface area contributed by atoms with Gasteiger partial charge < -0.3 is 33.0 Å². The summed E-state index contributed by atoms with van der Waals surface area (Å²) in [6.07, 6.45) is 24.1. The van der Waals surface area contributed by atoms with E-state index >= 15 is 0 Å². The van der Waals surface area contributed by atoms with Crippen molar-refractivity contribution in [1.29, 1.82) is 0 Å². The first-order valence-electron chi connectivity index (χ1n) is 25.7. The Bertz CT molecular complexity index is 2950. The van der Waals surface area contributed by atoms with E-state index in [0.29, 0.717) is 49.2 Å². The zero-order chi connectivity index (χ0) is 49.1. The molecule has 2 unspecified atom stereocenters. The van der Waals surface area contributed by atoms with Gasteiger partial charge in [-0.2, -0.15) is 5.10 Å². The first-order chi connectivity index (χ1) is 33.5. The number of aryl methyl sites for hydroxylation is 1. The van der Waals surface area contributed by atoms with Gasteiger partial charge in [0.15, 0.2) is 11.3 Å². The van der Waals surface area contributed by atoms with E-state index in [-0.39, 0.29) is 0 Å². The van der Waals surface area contributed by atoms with Crippen LogP contribution in [0.5, 0.6) is 0 Å². The number of hydrogen-bond acceptors (Lipinski definition) is 10. The number of imidazole rings is 1. The minimum absolute atomic E-state index is 0.435. The van der Waals surface area contributed by atoms with Crippen LogP contribution in [0.3, 0.4) is 0 Å². The minimum Gasteiger partial charge on any atom is -0.361 e. The number of halogens is 2. The van der Waals surface area contributed by atoms with E-state index in [1.165, 1.54) is 57.4 Å². The molecule has 0 aliphatic carbocycles. The quantitative estimate of drug-likeness (QED) is 0.0557. The van der Waals surface area contributed by atoms with Gasteiger partial charge in [0.1, 0.15) is 42.0 Å². The number of nitrogens with zero attached hydrogens (tertiary/aromatic N) is 12. The maximum atomic E-state index is 7.14. The average molecular weight is 1120 g/mol. The molecular weight excluding hydrogens is 1040 g/mol. The van der Waals surface area contributed by atoms with Gasteiger partial charge in [0.25, 0.3) is 0 Å². The number of anilines is 2. The van der Waals surface area contributed by atoms with Crippen molar-refractivity contribution < 1.29 is 9.47 Å². The topological polar surface area (TPSA) is 122 Å². The van der Waals surface area contributed by atoms with Gasteiger partial charge in [-0.1, -0.05) is 70.8 Å². The van der Waals surface area contributed by atoms with Crippen molar-refractivity contribution in [3.8, 4) is 11.1 Å². The Balaban J connectivity index is 0.000000180. The lowest BCUT2D eigenvalue weighted by Crippen LogP contribution is -2.43. The first kappa shape index (κ1) is 49.7. The average Bonchev–Trinajstić information content (AvgIpc) is 4.15. The van der Waals surface area contributed by atoms with Crippen molar-refractivity contribution in [3.63, 3.8) is 0 Å². The molecule has 0 saturated carbocycles. The van der Waals surface area contributed by atoms with Gasteiger partial charge in [-0.3, -0.25) is 4.68 Å². The SMILES string of the molecule is CC1C[C@H]2CC[C@@H](C1)N2c1cnc2c(-c3ccc4nn(Cc5nccn5C)cc4c3Cl)cn(COCC[Si](C)(C)C)c2n1.CC1C[C@H]2CC[C@@H](C1)N2c1cnc2c(I)cn(COCC[Si](C)(C)C)c2n1. The summed E-state index contributed by atoms with van der Waals surface area (Å²) in [7, 11) is -0.267. The summed E-state index contributed by atoms with van der Waals surface area (Å²) in [6, 6.07) is 8.78. The summed E-state index contributed by atoms with van der Waals surface area (Å²) in [4.78, 5) is 29.7. The van der Waals surface area contributed by atoms with Crippen LogP contribution in [0.25, 0.3) is 44.4 Å². The maximum Gasteiger partial charge on any atom is 0.164 e. The van der Waals surface area contributed by atoms with Crippen LogP contribution in [-0.2, 0) is 36.5 Å². The highest BCUT2D eigenvalue weighted by atomic mass is 127. The minimum atomic E-state index is -1.20. The molecule has 6 atom stereocenters. The summed E-state index contributed by atoms with van der Waals surface area (Å²) >= 11 is 9.49. The Hall–Kier alpha value is -3.89. The second-order valence-electron chi connectivity index (χ2n) is 23.3. The Kier molecular flexibility index (Phi) is 14.3. The van der Waals surface area contributed by atoms with Crippen molar-refractivity contribution in [3.05, 3.63) is 69.9 Å². The number of aromatic nitrogens is 10. The highest BCUT2D eigenvalue weighted by Crippen LogP contribution is 2.44.